The summed E-state index contributed by atoms with van der Waals surface area (Å²) in [6.45, 7) is 0.675. The minimum Gasteiger partial charge on any atom is -1.00 e. The van der Waals surface area contributed by atoms with Crippen LogP contribution in [-0.2, 0) is 18.2 Å². The van der Waals surface area contributed by atoms with Crippen molar-refractivity contribution < 1.29 is 48.6 Å². The molecule has 0 radical (unpaired) electrons. The first-order valence-corrected chi connectivity index (χ1v) is 6.36. The highest BCUT2D eigenvalue weighted by molar-refractivity contribution is 5.92. The number of nitrogens with zero attached hydrogens (tertiary/aromatic N) is 2. The van der Waals surface area contributed by atoms with Gasteiger partial charge in [-0.3, -0.25) is 9.53 Å². The normalized spacial score (nSPS) is 9.91. The van der Waals surface area contributed by atoms with Crippen LogP contribution in [0.5, 0.6) is 0 Å². The fourth-order valence-corrected chi connectivity index (χ4v) is 1.79. The van der Waals surface area contributed by atoms with Crippen LogP contribution < -0.4 is 39.7 Å². The Morgan fingerprint density at radius 1 is 1.13 bits per heavy atom. The maximum Gasteiger partial charge on any atom is 0.258 e. The lowest BCUT2D eigenvalue weighted by atomic mass is 10.2. The van der Waals surface area contributed by atoms with E-state index in [-0.39, 0.29) is 24.8 Å². The SMILES string of the molecule is NC(=O)c1cc[n+](COC[n+]2ccccc2/C=C/O)cc1.[Cl-].[Cl-]. The van der Waals surface area contributed by atoms with Crippen LogP contribution in [0.1, 0.15) is 16.1 Å². The molecule has 0 aliphatic carbocycles. The average Bonchev–Trinajstić information content (AvgIpc) is 2.50. The first-order valence-electron chi connectivity index (χ1n) is 6.36. The van der Waals surface area contributed by atoms with E-state index in [9.17, 15) is 4.79 Å². The van der Waals surface area contributed by atoms with E-state index in [0.717, 1.165) is 12.0 Å². The Morgan fingerprint density at radius 2 is 1.83 bits per heavy atom. The minimum absolute atomic E-state index is 0. The second-order valence-electron chi connectivity index (χ2n) is 4.34. The first kappa shape index (κ1) is 20.9. The number of aliphatic hydroxyl groups excluding tert-OH is 1. The zero-order valence-corrected chi connectivity index (χ0v) is 13.7. The molecule has 2 rings (SSSR count). The van der Waals surface area contributed by atoms with Crippen molar-refractivity contribution in [2.24, 2.45) is 5.73 Å². The predicted octanol–water partition coefficient (Wildman–Crippen LogP) is -5.47. The molecule has 23 heavy (non-hydrogen) atoms. The molecule has 3 N–H and O–H groups in total. The van der Waals surface area contributed by atoms with Gasteiger partial charge in [-0.1, -0.05) is 0 Å². The van der Waals surface area contributed by atoms with Gasteiger partial charge in [-0.15, -0.1) is 0 Å². The summed E-state index contributed by atoms with van der Waals surface area (Å²) < 4.78 is 9.23. The number of nitrogens with two attached hydrogens (primary N) is 1. The van der Waals surface area contributed by atoms with Crippen LogP contribution in [0.25, 0.3) is 6.08 Å². The number of aliphatic hydroxyl groups is 1. The monoisotopic (exact) mass is 357 g/mol. The quantitative estimate of drug-likeness (QED) is 0.400. The molecule has 0 saturated carbocycles. The van der Waals surface area contributed by atoms with Gasteiger partial charge in [-0.2, -0.15) is 9.13 Å². The number of primary amides is 1. The van der Waals surface area contributed by atoms with Gasteiger partial charge in [-0.25, -0.2) is 0 Å². The summed E-state index contributed by atoms with van der Waals surface area (Å²) in [5, 5.41) is 8.84. The van der Waals surface area contributed by atoms with E-state index in [1.165, 1.54) is 0 Å². The molecular weight excluding hydrogens is 341 g/mol. The van der Waals surface area contributed by atoms with Crippen molar-refractivity contribution in [2.75, 3.05) is 0 Å². The number of carbonyl (C=O) groups is 1. The molecule has 0 atom stereocenters. The highest BCUT2D eigenvalue weighted by atomic mass is 35.5. The number of hydrogen-bond donors (Lipinski definition) is 2. The molecule has 0 spiro atoms. The first-order chi connectivity index (χ1) is 10.2. The van der Waals surface area contributed by atoms with Crippen molar-refractivity contribution in [3.63, 3.8) is 0 Å². The largest absolute Gasteiger partial charge is 1.00 e. The number of carbonyl (C=O) groups excluding carboxylic acids is 1. The van der Waals surface area contributed by atoms with E-state index in [0.29, 0.717) is 19.0 Å². The van der Waals surface area contributed by atoms with Gasteiger partial charge in [0.15, 0.2) is 18.6 Å². The summed E-state index contributed by atoms with van der Waals surface area (Å²) in [5.41, 5.74) is 6.46. The summed E-state index contributed by atoms with van der Waals surface area (Å²) in [4.78, 5) is 11.0. The van der Waals surface area contributed by atoms with E-state index in [1.54, 1.807) is 35.2 Å². The van der Waals surface area contributed by atoms with E-state index in [1.807, 2.05) is 29.0 Å². The number of rotatable bonds is 6. The smallest absolute Gasteiger partial charge is 0.258 e. The standard InChI is InChI=1S/C15H15N3O3.2ClH/c16-15(20)13-4-8-17(9-5-13)11-21-12-18-7-2-1-3-14(18)6-10-19;;/h1-10H,11-12H2,(H-,16,20);2*1H. The average molecular weight is 358 g/mol. The fourth-order valence-electron chi connectivity index (χ4n) is 1.79. The van der Waals surface area contributed by atoms with E-state index < -0.39 is 5.91 Å². The predicted molar refractivity (Wildman–Crippen MR) is 74.5 cm³/mol. The second-order valence-corrected chi connectivity index (χ2v) is 4.34. The molecule has 0 aliphatic rings. The number of ether oxygens (including phenoxy) is 1. The Labute approximate surface area is 146 Å². The molecule has 2 heterocycles. The highest BCUT2D eigenvalue weighted by Crippen LogP contribution is 1.95. The van der Waals surface area contributed by atoms with Crippen LogP contribution in [-0.4, -0.2) is 11.0 Å². The topological polar surface area (TPSA) is 80.3 Å². The third kappa shape index (κ3) is 6.23. The summed E-state index contributed by atoms with van der Waals surface area (Å²) >= 11 is 0. The third-order valence-corrected chi connectivity index (χ3v) is 2.87. The summed E-state index contributed by atoms with van der Waals surface area (Å²) in [7, 11) is 0. The van der Waals surface area contributed by atoms with Gasteiger partial charge in [0, 0.05) is 30.3 Å². The lowest BCUT2D eigenvalue weighted by Crippen LogP contribution is -3.00. The Kier molecular flexibility index (Phi) is 9.57. The molecule has 2 aromatic heterocycles. The molecule has 0 aromatic carbocycles. The van der Waals surface area contributed by atoms with Gasteiger partial charge in [0.2, 0.25) is 11.6 Å². The number of hydrogen-bond acceptors (Lipinski definition) is 3. The molecule has 0 unspecified atom stereocenters. The minimum atomic E-state index is -0.455. The van der Waals surface area contributed by atoms with Gasteiger partial charge in [0.05, 0.1) is 11.8 Å². The molecule has 0 saturated heterocycles. The van der Waals surface area contributed by atoms with Crippen molar-refractivity contribution in [1.29, 1.82) is 0 Å². The van der Waals surface area contributed by atoms with E-state index in [2.05, 4.69) is 0 Å². The second kappa shape index (κ2) is 10.6. The van der Waals surface area contributed by atoms with E-state index in [4.69, 9.17) is 15.6 Å². The number of amides is 1. The van der Waals surface area contributed by atoms with Crippen LogP contribution in [0.2, 0.25) is 0 Å². The fraction of sp³-hybridized carbons (Fsp3) is 0.133. The van der Waals surface area contributed by atoms with Gasteiger partial charge >= 0.3 is 0 Å². The van der Waals surface area contributed by atoms with Crippen LogP contribution in [0, 0.1) is 0 Å². The lowest BCUT2D eigenvalue weighted by molar-refractivity contribution is -0.789. The van der Waals surface area contributed by atoms with E-state index >= 15 is 0 Å². The molecule has 6 nitrogen and oxygen atoms in total. The molecule has 0 aliphatic heterocycles. The molecule has 1 amide bonds. The van der Waals surface area contributed by atoms with Crippen molar-refractivity contribution in [3.05, 3.63) is 66.4 Å². The third-order valence-electron chi connectivity index (χ3n) is 2.87. The number of halogens is 2. The van der Waals surface area contributed by atoms with Gasteiger partial charge in [-0.05, 0) is 6.07 Å². The molecule has 2 aromatic rings. The summed E-state index contributed by atoms with van der Waals surface area (Å²) in [6, 6.07) is 8.91. The van der Waals surface area contributed by atoms with Gasteiger partial charge in [0.25, 0.3) is 13.5 Å². The molecule has 8 heteroatoms. The van der Waals surface area contributed by atoms with Crippen molar-refractivity contribution >= 4 is 12.0 Å². The van der Waals surface area contributed by atoms with Crippen molar-refractivity contribution in [1.82, 2.24) is 0 Å². The molecule has 124 valence electrons. The Morgan fingerprint density at radius 3 is 2.43 bits per heavy atom. The zero-order valence-electron chi connectivity index (χ0n) is 12.2. The summed E-state index contributed by atoms with van der Waals surface area (Å²) in [6.07, 6.45) is 7.88. The maximum atomic E-state index is 11.0. The molecular formula is C15H17Cl2N3O3. The van der Waals surface area contributed by atoms with Crippen molar-refractivity contribution in [2.45, 2.75) is 13.5 Å². The van der Waals surface area contributed by atoms with Crippen LogP contribution in [0.3, 0.4) is 0 Å². The number of pyridine rings is 2. The van der Waals surface area contributed by atoms with Gasteiger partial charge < -0.3 is 35.7 Å². The highest BCUT2D eigenvalue weighted by Gasteiger charge is 2.09. The Bertz CT molecular complexity index is 649. The Hall–Kier alpha value is -2.15. The Balaban J connectivity index is 0.00000242. The molecule has 0 fully saturated rings. The van der Waals surface area contributed by atoms with Crippen LogP contribution in [0.15, 0.2) is 55.2 Å². The lowest BCUT2D eigenvalue weighted by Gasteiger charge is -2.01. The molecule has 0 bridgehead atoms. The van der Waals surface area contributed by atoms with Crippen molar-refractivity contribution in [3.8, 4) is 0 Å². The van der Waals surface area contributed by atoms with Crippen LogP contribution in [0.4, 0.5) is 0 Å². The maximum absolute atomic E-state index is 11.0. The van der Waals surface area contributed by atoms with Crippen LogP contribution >= 0.6 is 0 Å². The number of aromatic nitrogens is 2. The zero-order chi connectivity index (χ0) is 15.1. The van der Waals surface area contributed by atoms with Gasteiger partial charge in [0.1, 0.15) is 0 Å². The summed E-state index contributed by atoms with van der Waals surface area (Å²) in [5.74, 6) is -0.455.